The molecule has 0 aliphatic carbocycles. The molecule has 3 rings (SSSR count). The van der Waals surface area contributed by atoms with Crippen LogP contribution in [0.15, 0.2) is 49.1 Å². The number of nitrogens with one attached hydrogen (secondary N) is 2. The van der Waals surface area contributed by atoms with E-state index in [1.165, 1.54) is 41.6 Å². The number of hydrogen-bond acceptors (Lipinski definition) is 4. The van der Waals surface area contributed by atoms with E-state index < -0.39 is 23.5 Å². The third-order valence-corrected chi connectivity index (χ3v) is 3.89. The Labute approximate surface area is 157 Å². The molecule has 0 bridgehead atoms. The SMILES string of the molecule is Cc1cc(F)ccc1NCC(=O)Nc1cc(C(F)(F)F)ccc1-n1cncn1. The predicted molar refractivity (Wildman–Crippen MR) is 94.6 cm³/mol. The zero-order valence-electron chi connectivity index (χ0n) is 14.6. The van der Waals surface area contributed by atoms with Gasteiger partial charge in [0.05, 0.1) is 23.5 Å². The second-order valence-electron chi connectivity index (χ2n) is 5.93. The van der Waals surface area contributed by atoms with Gasteiger partial charge in [-0.25, -0.2) is 14.1 Å². The summed E-state index contributed by atoms with van der Waals surface area (Å²) in [5, 5.41) is 9.15. The molecule has 1 amide bonds. The number of anilines is 2. The van der Waals surface area contributed by atoms with E-state index in [1.807, 2.05) is 0 Å². The fraction of sp³-hybridized carbons (Fsp3) is 0.167. The third-order valence-electron chi connectivity index (χ3n) is 3.89. The van der Waals surface area contributed by atoms with Crippen LogP contribution >= 0.6 is 0 Å². The lowest BCUT2D eigenvalue weighted by Crippen LogP contribution is -2.23. The van der Waals surface area contributed by atoms with Gasteiger partial charge in [0.15, 0.2) is 0 Å². The smallest absolute Gasteiger partial charge is 0.376 e. The van der Waals surface area contributed by atoms with Crippen molar-refractivity contribution < 1.29 is 22.4 Å². The maximum Gasteiger partial charge on any atom is 0.416 e. The predicted octanol–water partition coefficient (Wildman–Crippen LogP) is 3.78. The minimum Gasteiger partial charge on any atom is -0.376 e. The van der Waals surface area contributed by atoms with Crippen molar-refractivity contribution in [3.63, 3.8) is 0 Å². The van der Waals surface area contributed by atoms with Gasteiger partial charge in [0.1, 0.15) is 18.5 Å². The van der Waals surface area contributed by atoms with Crippen molar-refractivity contribution >= 4 is 17.3 Å². The van der Waals surface area contributed by atoms with Crippen LogP contribution in [0, 0.1) is 12.7 Å². The van der Waals surface area contributed by atoms with Crippen molar-refractivity contribution in [2.45, 2.75) is 13.1 Å². The molecule has 2 aromatic carbocycles. The van der Waals surface area contributed by atoms with E-state index in [4.69, 9.17) is 0 Å². The summed E-state index contributed by atoms with van der Waals surface area (Å²) in [6.45, 7) is 1.44. The highest BCUT2D eigenvalue weighted by Crippen LogP contribution is 2.33. The number of rotatable bonds is 5. The van der Waals surface area contributed by atoms with Gasteiger partial charge in [-0.05, 0) is 48.9 Å². The number of hydrogen-bond donors (Lipinski definition) is 2. The second-order valence-corrected chi connectivity index (χ2v) is 5.93. The van der Waals surface area contributed by atoms with E-state index in [0.717, 1.165) is 12.1 Å². The first-order valence-corrected chi connectivity index (χ1v) is 8.10. The molecular formula is C18H15F4N5O. The molecule has 1 aromatic heterocycles. The quantitative estimate of drug-likeness (QED) is 0.647. The lowest BCUT2D eigenvalue weighted by Gasteiger charge is -2.15. The third kappa shape index (κ3) is 4.45. The summed E-state index contributed by atoms with van der Waals surface area (Å²) in [4.78, 5) is 16.0. The molecular weight excluding hydrogens is 378 g/mol. The molecule has 3 aromatic rings. The van der Waals surface area contributed by atoms with Crippen LogP contribution in [0.1, 0.15) is 11.1 Å². The second kappa shape index (κ2) is 7.67. The number of alkyl halides is 3. The molecule has 10 heteroatoms. The Morgan fingerprint density at radius 3 is 2.57 bits per heavy atom. The molecule has 0 unspecified atom stereocenters. The number of halogens is 4. The van der Waals surface area contributed by atoms with Crippen molar-refractivity contribution in [1.29, 1.82) is 0 Å². The minimum absolute atomic E-state index is 0.0667. The van der Waals surface area contributed by atoms with Gasteiger partial charge < -0.3 is 10.6 Å². The molecule has 6 nitrogen and oxygen atoms in total. The number of amides is 1. The molecule has 0 saturated carbocycles. The summed E-state index contributed by atoms with van der Waals surface area (Å²) in [6, 6.07) is 6.94. The maximum atomic E-state index is 13.1. The number of aromatic nitrogens is 3. The summed E-state index contributed by atoms with van der Waals surface area (Å²) in [6.07, 6.45) is -2.04. The first-order chi connectivity index (χ1) is 13.2. The Balaban J connectivity index is 1.80. The monoisotopic (exact) mass is 393 g/mol. The summed E-state index contributed by atoms with van der Waals surface area (Å²) in [7, 11) is 0. The summed E-state index contributed by atoms with van der Waals surface area (Å²) in [5.74, 6) is -0.988. The number of carbonyl (C=O) groups excluding carboxylic acids is 1. The summed E-state index contributed by atoms with van der Waals surface area (Å²) in [5.41, 5.74) is 0.390. The molecule has 0 atom stereocenters. The average molecular weight is 393 g/mol. The van der Waals surface area contributed by atoms with Crippen LogP contribution in [-0.4, -0.2) is 27.2 Å². The zero-order valence-corrected chi connectivity index (χ0v) is 14.6. The molecule has 0 aliphatic heterocycles. The molecule has 28 heavy (non-hydrogen) atoms. The van der Waals surface area contributed by atoms with Crippen LogP contribution < -0.4 is 10.6 Å². The fourth-order valence-electron chi connectivity index (χ4n) is 2.54. The molecule has 0 radical (unpaired) electrons. The summed E-state index contributed by atoms with van der Waals surface area (Å²) < 4.78 is 53.5. The molecule has 0 spiro atoms. The fourth-order valence-corrected chi connectivity index (χ4v) is 2.54. The maximum absolute atomic E-state index is 13.1. The van der Waals surface area contributed by atoms with E-state index in [9.17, 15) is 22.4 Å². The minimum atomic E-state index is -4.57. The van der Waals surface area contributed by atoms with Gasteiger partial charge in [-0.3, -0.25) is 4.79 Å². The Morgan fingerprint density at radius 2 is 1.93 bits per heavy atom. The normalized spacial score (nSPS) is 11.3. The Bertz CT molecular complexity index is 986. The van der Waals surface area contributed by atoms with Gasteiger partial charge in [-0.2, -0.15) is 18.3 Å². The highest BCUT2D eigenvalue weighted by Gasteiger charge is 2.31. The number of carbonyl (C=O) groups is 1. The standard InChI is InChI=1S/C18H15F4N5O/c1-11-6-13(19)3-4-14(11)24-8-17(28)26-15-7-12(18(20,21)22)2-5-16(15)27-10-23-9-25-27/h2-7,9-10,24H,8H2,1H3,(H,26,28). The Hall–Kier alpha value is -3.43. The van der Waals surface area contributed by atoms with Crippen LogP contribution in [0.25, 0.3) is 5.69 Å². The Kier molecular flexibility index (Phi) is 5.30. The van der Waals surface area contributed by atoms with E-state index in [2.05, 4.69) is 20.7 Å². The number of aryl methyl sites for hydroxylation is 1. The van der Waals surface area contributed by atoms with Crippen LogP contribution in [0.2, 0.25) is 0 Å². The van der Waals surface area contributed by atoms with Crippen molar-refractivity contribution in [2.24, 2.45) is 0 Å². The van der Waals surface area contributed by atoms with Crippen LogP contribution in [-0.2, 0) is 11.0 Å². The van der Waals surface area contributed by atoms with E-state index in [-0.39, 0.29) is 17.9 Å². The van der Waals surface area contributed by atoms with Crippen LogP contribution in [0.4, 0.5) is 28.9 Å². The van der Waals surface area contributed by atoms with Crippen molar-refractivity contribution in [3.05, 3.63) is 66.0 Å². The molecule has 0 saturated heterocycles. The number of nitrogens with zero attached hydrogens (tertiary/aromatic N) is 3. The molecule has 2 N–H and O–H groups in total. The van der Waals surface area contributed by atoms with Crippen molar-refractivity contribution in [1.82, 2.24) is 14.8 Å². The molecule has 1 heterocycles. The Morgan fingerprint density at radius 1 is 1.14 bits per heavy atom. The van der Waals surface area contributed by atoms with E-state index >= 15 is 0 Å². The zero-order chi connectivity index (χ0) is 20.3. The molecule has 0 aliphatic rings. The summed E-state index contributed by atoms with van der Waals surface area (Å²) >= 11 is 0. The highest BCUT2D eigenvalue weighted by molar-refractivity contribution is 5.95. The largest absolute Gasteiger partial charge is 0.416 e. The average Bonchev–Trinajstić information content (AvgIpc) is 3.14. The highest BCUT2D eigenvalue weighted by atomic mass is 19.4. The molecule has 146 valence electrons. The van der Waals surface area contributed by atoms with Crippen molar-refractivity contribution in [2.75, 3.05) is 17.2 Å². The van der Waals surface area contributed by atoms with Gasteiger partial charge in [-0.15, -0.1) is 0 Å². The molecule has 0 fully saturated rings. The topological polar surface area (TPSA) is 71.8 Å². The van der Waals surface area contributed by atoms with Crippen LogP contribution in [0.3, 0.4) is 0 Å². The van der Waals surface area contributed by atoms with Gasteiger partial charge in [0.25, 0.3) is 0 Å². The first-order valence-electron chi connectivity index (χ1n) is 8.10. The van der Waals surface area contributed by atoms with E-state index in [0.29, 0.717) is 11.3 Å². The van der Waals surface area contributed by atoms with Gasteiger partial charge in [-0.1, -0.05) is 0 Å². The van der Waals surface area contributed by atoms with Crippen molar-refractivity contribution in [3.8, 4) is 5.69 Å². The first kappa shape index (κ1) is 19.3. The van der Waals surface area contributed by atoms with Gasteiger partial charge in [0.2, 0.25) is 5.91 Å². The lowest BCUT2D eigenvalue weighted by molar-refractivity contribution is -0.137. The number of benzene rings is 2. The van der Waals surface area contributed by atoms with E-state index in [1.54, 1.807) is 6.92 Å². The van der Waals surface area contributed by atoms with Crippen LogP contribution in [0.5, 0.6) is 0 Å². The lowest BCUT2D eigenvalue weighted by atomic mass is 10.1. The van der Waals surface area contributed by atoms with Gasteiger partial charge >= 0.3 is 6.18 Å². The van der Waals surface area contributed by atoms with Gasteiger partial charge in [0, 0.05) is 5.69 Å².